The maximum atomic E-state index is 5.70. The standard InChI is InChI=1S/C15H21N3O/c1-11(14-8-5-9-19-14)16-10-15-17-12-6-3-4-7-13(12)18(15)2/h3-4,6-7,11,14,16H,5,8-10H2,1-2H3/t11-,14+/m1/s1. The summed E-state index contributed by atoms with van der Waals surface area (Å²) >= 11 is 0. The van der Waals surface area contributed by atoms with Gasteiger partial charge in [0.1, 0.15) is 5.82 Å². The third-order valence-electron chi connectivity index (χ3n) is 3.98. The van der Waals surface area contributed by atoms with Crippen LogP contribution in [-0.4, -0.2) is 28.3 Å². The number of aromatic nitrogens is 2. The molecule has 0 radical (unpaired) electrons. The molecule has 2 aromatic rings. The average molecular weight is 259 g/mol. The number of nitrogens with zero attached hydrogens (tertiary/aromatic N) is 2. The van der Waals surface area contributed by atoms with Crippen LogP contribution >= 0.6 is 0 Å². The van der Waals surface area contributed by atoms with Gasteiger partial charge in [-0.15, -0.1) is 0 Å². The van der Waals surface area contributed by atoms with Crippen molar-refractivity contribution < 1.29 is 4.74 Å². The zero-order valence-corrected chi connectivity index (χ0v) is 11.6. The lowest BCUT2D eigenvalue weighted by Gasteiger charge is -2.19. The second-order valence-electron chi connectivity index (χ2n) is 5.30. The molecule has 0 aliphatic carbocycles. The van der Waals surface area contributed by atoms with E-state index in [4.69, 9.17) is 4.74 Å². The molecule has 1 aromatic carbocycles. The quantitative estimate of drug-likeness (QED) is 0.915. The Hall–Kier alpha value is -1.39. The van der Waals surface area contributed by atoms with Crippen molar-refractivity contribution in [3.8, 4) is 0 Å². The second kappa shape index (κ2) is 5.31. The molecule has 1 aromatic heterocycles. The molecule has 1 N–H and O–H groups in total. The van der Waals surface area contributed by atoms with Crippen molar-refractivity contribution in [2.45, 2.75) is 38.5 Å². The summed E-state index contributed by atoms with van der Waals surface area (Å²) < 4.78 is 7.86. The second-order valence-corrected chi connectivity index (χ2v) is 5.30. The van der Waals surface area contributed by atoms with Gasteiger partial charge >= 0.3 is 0 Å². The van der Waals surface area contributed by atoms with Crippen molar-refractivity contribution in [2.75, 3.05) is 6.61 Å². The number of ether oxygens (including phenoxy) is 1. The zero-order valence-electron chi connectivity index (χ0n) is 11.6. The van der Waals surface area contributed by atoms with Gasteiger partial charge in [0.15, 0.2) is 0 Å². The lowest BCUT2D eigenvalue weighted by atomic mass is 10.1. The monoisotopic (exact) mass is 259 g/mol. The molecule has 4 heteroatoms. The lowest BCUT2D eigenvalue weighted by Crippen LogP contribution is -2.37. The highest BCUT2D eigenvalue weighted by atomic mass is 16.5. The summed E-state index contributed by atoms with van der Waals surface area (Å²) in [6.07, 6.45) is 2.70. The topological polar surface area (TPSA) is 39.1 Å². The Labute approximate surface area is 113 Å². The maximum absolute atomic E-state index is 5.70. The van der Waals surface area contributed by atoms with Crippen LogP contribution in [0.5, 0.6) is 0 Å². The predicted molar refractivity (Wildman–Crippen MR) is 76.0 cm³/mol. The normalized spacial score (nSPS) is 21.1. The molecule has 1 fully saturated rings. The molecule has 0 saturated carbocycles. The molecule has 102 valence electrons. The molecular weight excluding hydrogens is 238 g/mol. The van der Waals surface area contributed by atoms with E-state index in [0.717, 1.165) is 30.9 Å². The number of para-hydroxylation sites is 2. The van der Waals surface area contributed by atoms with Crippen LogP contribution in [0, 0.1) is 0 Å². The van der Waals surface area contributed by atoms with Crippen LogP contribution in [0.3, 0.4) is 0 Å². The molecule has 0 bridgehead atoms. The Morgan fingerprint density at radius 1 is 1.47 bits per heavy atom. The molecule has 4 nitrogen and oxygen atoms in total. The molecule has 1 saturated heterocycles. The van der Waals surface area contributed by atoms with E-state index in [1.807, 2.05) is 6.07 Å². The Balaban J connectivity index is 1.69. The molecule has 2 atom stereocenters. The minimum atomic E-state index is 0.356. The Morgan fingerprint density at radius 3 is 3.05 bits per heavy atom. The number of aryl methyl sites for hydroxylation is 1. The first-order valence-electron chi connectivity index (χ1n) is 7.01. The van der Waals surface area contributed by atoms with Gasteiger partial charge in [0.25, 0.3) is 0 Å². The molecule has 0 amide bonds. The van der Waals surface area contributed by atoms with Gasteiger partial charge in [0.2, 0.25) is 0 Å². The summed E-state index contributed by atoms with van der Waals surface area (Å²) in [5, 5.41) is 3.53. The van der Waals surface area contributed by atoms with E-state index in [1.54, 1.807) is 0 Å². The molecule has 19 heavy (non-hydrogen) atoms. The number of rotatable bonds is 4. The van der Waals surface area contributed by atoms with Crippen molar-refractivity contribution in [1.29, 1.82) is 0 Å². The van der Waals surface area contributed by atoms with Crippen molar-refractivity contribution >= 4 is 11.0 Å². The summed E-state index contributed by atoms with van der Waals surface area (Å²) in [6, 6.07) is 8.62. The van der Waals surface area contributed by atoms with Crippen LogP contribution in [0.1, 0.15) is 25.6 Å². The van der Waals surface area contributed by atoms with Gasteiger partial charge in [-0.1, -0.05) is 12.1 Å². The molecular formula is C15H21N3O. The molecule has 1 aliphatic heterocycles. The van der Waals surface area contributed by atoms with E-state index in [2.05, 4.69) is 47.0 Å². The summed E-state index contributed by atoms with van der Waals surface area (Å²) in [7, 11) is 2.07. The summed E-state index contributed by atoms with van der Waals surface area (Å²) in [5.41, 5.74) is 2.25. The highest BCUT2D eigenvalue weighted by Crippen LogP contribution is 2.17. The molecule has 0 spiro atoms. The fourth-order valence-corrected chi connectivity index (χ4v) is 2.73. The van der Waals surface area contributed by atoms with Gasteiger partial charge in [0, 0.05) is 19.7 Å². The summed E-state index contributed by atoms with van der Waals surface area (Å²) in [6.45, 7) is 3.88. The van der Waals surface area contributed by atoms with Crippen LogP contribution in [-0.2, 0) is 18.3 Å². The highest BCUT2D eigenvalue weighted by Gasteiger charge is 2.22. The summed E-state index contributed by atoms with van der Waals surface area (Å²) in [5.74, 6) is 1.08. The van der Waals surface area contributed by atoms with Gasteiger partial charge in [-0.2, -0.15) is 0 Å². The van der Waals surface area contributed by atoms with Gasteiger partial charge in [-0.3, -0.25) is 0 Å². The van der Waals surface area contributed by atoms with Crippen LogP contribution in [0.2, 0.25) is 0 Å². The first-order valence-corrected chi connectivity index (χ1v) is 7.01. The van der Waals surface area contributed by atoms with Crippen molar-refractivity contribution in [1.82, 2.24) is 14.9 Å². The van der Waals surface area contributed by atoms with Crippen LogP contribution < -0.4 is 5.32 Å². The first kappa shape index (κ1) is 12.6. The fraction of sp³-hybridized carbons (Fsp3) is 0.533. The fourth-order valence-electron chi connectivity index (χ4n) is 2.73. The van der Waals surface area contributed by atoms with E-state index in [0.29, 0.717) is 12.1 Å². The maximum Gasteiger partial charge on any atom is 0.123 e. The van der Waals surface area contributed by atoms with E-state index < -0.39 is 0 Å². The number of hydrogen-bond acceptors (Lipinski definition) is 3. The molecule has 1 aliphatic rings. The molecule has 0 unspecified atom stereocenters. The zero-order chi connectivity index (χ0) is 13.2. The number of imidazole rings is 1. The third-order valence-corrected chi connectivity index (χ3v) is 3.98. The third kappa shape index (κ3) is 2.51. The van der Waals surface area contributed by atoms with E-state index >= 15 is 0 Å². The van der Waals surface area contributed by atoms with Crippen LogP contribution in [0.25, 0.3) is 11.0 Å². The van der Waals surface area contributed by atoms with Crippen molar-refractivity contribution in [3.05, 3.63) is 30.1 Å². The minimum absolute atomic E-state index is 0.356. The van der Waals surface area contributed by atoms with Crippen molar-refractivity contribution in [2.24, 2.45) is 7.05 Å². The molecule has 3 rings (SSSR count). The van der Waals surface area contributed by atoms with Gasteiger partial charge in [-0.25, -0.2) is 4.98 Å². The number of fused-ring (bicyclic) bond motifs is 1. The largest absolute Gasteiger partial charge is 0.377 e. The Bertz CT molecular complexity index is 558. The number of benzene rings is 1. The Kier molecular flexibility index (Phi) is 3.53. The Morgan fingerprint density at radius 2 is 2.32 bits per heavy atom. The van der Waals surface area contributed by atoms with Crippen LogP contribution in [0.15, 0.2) is 24.3 Å². The highest BCUT2D eigenvalue weighted by molar-refractivity contribution is 5.75. The van der Waals surface area contributed by atoms with Gasteiger partial charge in [0.05, 0.1) is 23.7 Å². The smallest absolute Gasteiger partial charge is 0.123 e. The number of nitrogens with one attached hydrogen (secondary N) is 1. The predicted octanol–water partition coefficient (Wildman–Crippen LogP) is 2.23. The van der Waals surface area contributed by atoms with Crippen molar-refractivity contribution in [3.63, 3.8) is 0 Å². The van der Waals surface area contributed by atoms with E-state index in [-0.39, 0.29) is 0 Å². The van der Waals surface area contributed by atoms with Gasteiger partial charge < -0.3 is 14.6 Å². The first-order chi connectivity index (χ1) is 9.25. The van der Waals surface area contributed by atoms with E-state index in [9.17, 15) is 0 Å². The molecule has 2 heterocycles. The van der Waals surface area contributed by atoms with Gasteiger partial charge in [-0.05, 0) is 31.9 Å². The van der Waals surface area contributed by atoms with Crippen LogP contribution in [0.4, 0.5) is 0 Å². The SMILES string of the molecule is C[C@@H](NCc1nc2ccccc2n1C)[C@@H]1CCCO1. The average Bonchev–Trinajstić information content (AvgIpc) is 3.05. The number of hydrogen-bond donors (Lipinski definition) is 1. The lowest BCUT2D eigenvalue weighted by molar-refractivity contribution is 0.0829. The minimum Gasteiger partial charge on any atom is -0.377 e. The van der Waals surface area contributed by atoms with E-state index in [1.165, 1.54) is 11.9 Å². The summed E-state index contributed by atoms with van der Waals surface area (Å²) in [4.78, 5) is 4.67.